The van der Waals surface area contributed by atoms with E-state index in [-0.39, 0.29) is 0 Å². The summed E-state index contributed by atoms with van der Waals surface area (Å²) < 4.78 is 22.6. The summed E-state index contributed by atoms with van der Waals surface area (Å²) in [5.74, 6) is 2.56. The van der Waals surface area contributed by atoms with Crippen molar-refractivity contribution in [3.05, 3.63) is 76.4 Å². The topological polar surface area (TPSA) is 62.7 Å². The number of nitrogens with zero attached hydrogens (tertiary/aromatic N) is 2. The molecule has 3 aromatic carbocycles. The zero-order valence-electron chi connectivity index (χ0n) is 19.7. The predicted molar refractivity (Wildman–Crippen MR) is 134 cm³/mol. The van der Waals surface area contributed by atoms with Crippen molar-refractivity contribution >= 4 is 22.5 Å². The van der Waals surface area contributed by atoms with E-state index in [4.69, 9.17) is 35.5 Å². The lowest BCUT2D eigenvalue weighted by Gasteiger charge is -2.15. The first-order valence-electron chi connectivity index (χ1n) is 11.0. The highest BCUT2D eigenvalue weighted by Gasteiger charge is 2.16. The first-order chi connectivity index (χ1) is 16.5. The van der Waals surface area contributed by atoms with Crippen LogP contribution in [0.1, 0.15) is 16.7 Å². The summed E-state index contributed by atoms with van der Waals surface area (Å²) in [6, 6.07) is 17.7. The van der Waals surface area contributed by atoms with Crippen molar-refractivity contribution in [1.29, 1.82) is 0 Å². The molecule has 4 aromatic rings. The first kappa shape index (κ1) is 23.8. The minimum atomic E-state index is 0.325. The molecule has 4 rings (SSSR count). The SMILES string of the molecule is COc1cc(OC)c2c(Cl)nc(-c3cc(C)c(OCCOCc4ccccc4)c(C)c3)nc2c1. The molecular formula is C27H27ClN2O4. The van der Waals surface area contributed by atoms with Gasteiger partial charge < -0.3 is 18.9 Å². The van der Waals surface area contributed by atoms with E-state index in [0.29, 0.717) is 53.2 Å². The molecule has 0 saturated heterocycles. The third-order valence-corrected chi connectivity index (χ3v) is 5.72. The average Bonchev–Trinajstić information content (AvgIpc) is 2.84. The van der Waals surface area contributed by atoms with Gasteiger partial charge in [0.05, 0.1) is 38.3 Å². The van der Waals surface area contributed by atoms with Crippen LogP contribution in [0.15, 0.2) is 54.6 Å². The molecule has 0 aliphatic carbocycles. The monoisotopic (exact) mass is 478 g/mol. The van der Waals surface area contributed by atoms with E-state index in [1.165, 1.54) is 0 Å². The van der Waals surface area contributed by atoms with E-state index < -0.39 is 0 Å². The van der Waals surface area contributed by atoms with E-state index in [2.05, 4.69) is 4.98 Å². The van der Waals surface area contributed by atoms with Crippen molar-refractivity contribution in [1.82, 2.24) is 9.97 Å². The Hall–Kier alpha value is -3.35. The summed E-state index contributed by atoms with van der Waals surface area (Å²) in [4.78, 5) is 9.27. The Bertz CT molecular complexity index is 1270. The molecule has 0 fully saturated rings. The van der Waals surface area contributed by atoms with Crippen molar-refractivity contribution in [2.75, 3.05) is 27.4 Å². The third-order valence-electron chi connectivity index (χ3n) is 5.45. The molecule has 0 bridgehead atoms. The molecule has 0 spiro atoms. The molecule has 1 heterocycles. The van der Waals surface area contributed by atoms with Crippen LogP contribution >= 0.6 is 11.6 Å². The molecule has 6 nitrogen and oxygen atoms in total. The van der Waals surface area contributed by atoms with Crippen LogP contribution in [0.4, 0.5) is 0 Å². The molecule has 0 aliphatic heterocycles. The first-order valence-corrected chi connectivity index (χ1v) is 11.3. The Kier molecular flexibility index (Phi) is 7.50. The molecule has 0 aliphatic rings. The largest absolute Gasteiger partial charge is 0.497 e. The van der Waals surface area contributed by atoms with Gasteiger partial charge in [-0.3, -0.25) is 0 Å². The third kappa shape index (κ3) is 5.24. The molecule has 0 radical (unpaired) electrons. The summed E-state index contributed by atoms with van der Waals surface area (Å²) in [7, 11) is 3.18. The van der Waals surface area contributed by atoms with E-state index >= 15 is 0 Å². The van der Waals surface area contributed by atoms with Crippen LogP contribution in [0.25, 0.3) is 22.3 Å². The standard InChI is InChI=1S/C27H27ClN2O4/c1-17-12-20(13-18(2)25(17)34-11-10-33-16-19-8-6-5-7-9-19)27-29-22-14-21(31-3)15-23(32-4)24(22)26(28)30-27/h5-9,12-15H,10-11,16H2,1-4H3. The maximum atomic E-state index is 6.53. The maximum absolute atomic E-state index is 6.53. The number of fused-ring (bicyclic) bond motifs is 1. The van der Waals surface area contributed by atoms with Gasteiger partial charge in [-0.1, -0.05) is 41.9 Å². The minimum Gasteiger partial charge on any atom is -0.497 e. The van der Waals surface area contributed by atoms with Gasteiger partial charge >= 0.3 is 0 Å². The summed E-state index contributed by atoms with van der Waals surface area (Å²) in [6.07, 6.45) is 0. The van der Waals surface area contributed by atoms with Crippen molar-refractivity contribution < 1.29 is 18.9 Å². The van der Waals surface area contributed by atoms with Gasteiger partial charge in [-0.15, -0.1) is 0 Å². The lowest BCUT2D eigenvalue weighted by atomic mass is 10.0. The molecule has 7 heteroatoms. The fraction of sp³-hybridized carbons (Fsp3) is 0.259. The number of hydrogen-bond donors (Lipinski definition) is 0. The Morgan fingerprint density at radius 1 is 0.853 bits per heavy atom. The van der Waals surface area contributed by atoms with Gasteiger partial charge in [0.2, 0.25) is 0 Å². The van der Waals surface area contributed by atoms with Crippen molar-refractivity contribution in [3.63, 3.8) is 0 Å². The Labute approximate surface area is 204 Å². The lowest BCUT2D eigenvalue weighted by Crippen LogP contribution is -2.08. The number of benzene rings is 3. The molecule has 0 saturated carbocycles. The van der Waals surface area contributed by atoms with Crippen LogP contribution in [0.2, 0.25) is 5.15 Å². The maximum Gasteiger partial charge on any atom is 0.161 e. The van der Waals surface area contributed by atoms with Crippen LogP contribution in [0, 0.1) is 13.8 Å². The van der Waals surface area contributed by atoms with Gasteiger partial charge in [0.25, 0.3) is 0 Å². The Morgan fingerprint density at radius 2 is 1.59 bits per heavy atom. The van der Waals surface area contributed by atoms with E-state index in [9.17, 15) is 0 Å². The lowest BCUT2D eigenvalue weighted by molar-refractivity contribution is 0.0885. The van der Waals surface area contributed by atoms with Gasteiger partial charge in [-0.05, 0) is 42.7 Å². The fourth-order valence-corrected chi connectivity index (χ4v) is 4.11. The van der Waals surface area contributed by atoms with E-state index in [0.717, 1.165) is 28.0 Å². The molecule has 176 valence electrons. The van der Waals surface area contributed by atoms with Gasteiger partial charge in [-0.2, -0.15) is 0 Å². The molecule has 0 N–H and O–H groups in total. The smallest absolute Gasteiger partial charge is 0.161 e. The zero-order chi connectivity index (χ0) is 24.1. The number of methoxy groups -OCH3 is 2. The van der Waals surface area contributed by atoms with Gasteiger partial charge in [0.15, 0.2) is 5.82 Å². The molecule has 1 aromatic heterocycles. The summed E-state index contributed by atoms with van der Waals surface area (Å²) >= 11 is 6.53. The summed E-state index contributed by atoms with van der Waals surface area (Å²) in [5, 5.41) is 0.975. The highest BCUT2D eigenvalue weighted by atomic mass is 35.5. The number of aromatic nitrogens is 2. The second-order valence-electron chi connectivity index (χ2n) is 7.89. The summed E-state index contributed by atoms with van der Waals surface area (Å²) in [6.45, 7) is 5.54. The van der Waals surface area contributed by atoms with E-state index in [1.54, 1.807) is 20.3 Å². The van der Waals surface area contributed by atoms with E-state index in [1.807, 2.05) is 62.4 Å². The highest BCUT2D eigenvalue weighted by Crippen LogP contribution is 2.36. The fourth-order valence-electron chi connectivity index (χ4n) is 3.84. The van der Waals surface area contributed by atoms with Crippen LogP contribution < -0.4 is 14.2 Å². The number of aryl methyl sites for hydroxylation is 2. The van der Waals surface area contributed by atoms with Crippen LogP contribution in [0.3, 0.4) is 0 Å². The molecule has 0 atom stereocenters. The second-order valence-corrected chi connectivity index (χ2v) is 8.25. The van der Waals surface area contributed by atoms with Crippen molar-refractivity contribution in [2.45, 2.75) is 20.5 Å². The van der Waals surface area contributed by atoms with Gasteiger partial charge in [-0.25, -0.2) is 9.97 Å². The van der Waals surface area contributed by atoms with Crippen LogP contribution in [-0.2, 0) is 11.3 Å². The molecule has 0 unspecified atom stereocenters. The van der Waals surface area contributed by atoms with Crippen molar-refractivity contribution in [3.8, 4) is 28.6 Å². The normalized spacial score (nSPS) is 11.0. The quantitative estimate of drug-likeness (QED) is 0.211. The summed E-state index contributed by atoms with van der Waals surface area (Å²) in [5.41, 5.74) is 4.62. The van der Waals surface area contributed by atoms with Gasteiger partial charge in [0.1, 0.15) is 29.0 Å². The van der Waals surface area contributed by atoms with Crippen molar-refractivity contribution in [2.24, 2.45) is 0 Å². The Balaban J connectivity index is 1.52. The number of rotatable bonds is 9. The molecular weight excluding hydrogens is 452 g/mol. The zero-order valence-corrected chi connectivity index (χ0v) is 20.5. The minimum absolute atomic E-state index is 0.325. The Morgan fingerprint density at radius 3 is 2.26 bits per heavy atom. The number of hydrogen-bond acceptors (Lipinski definition) is 6. The number of halogens is 1. The molecule has 0 amide bonds. The van der Waals surface area contributed by atoms with Crippen LogP contribution in [-0.4, -0.2) is 37.4 Å². The number of ether oxygens (including phenoxy) is 4. The van der Waals surface area contributed by atoms with Crippen LogP contribution in [0.5, 0.6) is 17.2 Å². The average molecular weight is 479 g/mol. The van der Waals surface area contributed by atoms with Gasteiger partial charge in [0, 0.05) is 17.7 Å². The highest BCUT2D eigenvalue weighted by molar-refractivity contribution is 6.34. The predicted octanol–water partition coefficient (Wildman–Crippen LogP) is 6.18. The second kappa shape index (κ2) is 10.7. The molecule has 34 heavy (non-hydrogen) atoms.